The first kappa shape index (κ1) is 14.7. The van der Waals surface area contributed by atoms with Crippen LogP contribution in [0.5, 0.6) is 0 Å². The smallest absolute Gasteiger partial charge is 0.306 e. The molecule has 1 aromatic rings. The van der Waals surface area contributed by atoms with Gasteiger partial charge in [-0.25, -0.2) is 0 Å². The molecule has 0 heterocycles. The molecule has 1 aromatic carbocycles. The molecule has 19 heavy (non-hydrogen) atoms. The van der Waals surface area contributed by atoms with Crippen LogP contribution in [0.1, 0.15) is 37.3 Å². The second-order valence-corrected chi connectivity index (χ2v) is 5.00. The fourth-order valence-corrected chi connectivity index (χ4v) is 2.06. The number of carbonyl (C=O) groups is 1. The molecule has 1 unspecified atom stereocenters. The zero-order valence-corrected chi connectivity index (χ0v) is 11.3. The molecule has 0 aromatic heterocycles. The van der Waals surface area contributed by atoms with Crippen LogP contribution in [0.25, 0.3) is 0 Å². The van der Waals surface area contributed by atoms with Gasteiger partial charge in [0.25, 0.3) is 0 Å². The fraction of sp³-hybridized carbons (Fsp3) is 0.400. The van der Waals surface area contributed by atoms with E-state index >= 15 is 0 Å². The standard InChI is InChI=1S/C15H16N2O2/c1-15(2,8-14(18)19-3)13(10-17)12-7-5-4-6-11(12)9-16/h4-7,13H,8H2,1-3H3. The first-order valence-electron chi connectivity index (χ1n) is 5.91. The van der Waals surface area contributed by atoms with Crippen molar-refractivity contribution < 1.29 is 9.53 Å². The molecule has 98 valence electrons. The third-order valence-corrected chi connectivity index (χ3v) is 3.13. The molecule has 0 N–H and O–H groups in total. The second kappa shape index (κ2) is 6.02. The number of carbonyl (C=O) groups excluding carboxylic acids is 1. The van der Waals surface area contributed by atoms with Crippen LogP contribution in [0, 0.1) is 28.1 Å². The van der Waals surface area contributed by atoms with Gasteiger partial charge in [-0.3, -0.25) is 4.79 Å². The minimum atomic E-state index is -0.602. The number of hydrogen-bond acceptors (Lipinski definition) is 4. The van der Waals surface area contributed by atoms with Crippen LogP contribution >= 0.6 is 0 Å². The van der Waals surface area contributed by atoms with E-state index in [1.54, 1.807) is 24.3 Å². The lowest BCUT2D eigenvalue weighted by atomic mass is 9.72. The highest BCUT2D eigenvalue weighted by Crippen LogP contribution is 2.39. The topological polar surface area (TPSA) is 73.9 Å². The Hall–Kier alpha value is -2.33. The molecular weight excluding hydrogens is 240 g/mol. The Morgan fingerprint density at radius 3 is 2.53 bits per heavy atom. The van der Waals surface area contributed by atoms with Gasteiger partial charge in [0, 0.05) is 0 Å². The van der Waals surface area contributed by atoms with Crippen molar-refractivity contribution in [2.24, 2.45) is 5.41 Å². The van der Waals surface area contributed by atoms with Crippen LogP contribution in [0.3, 0.4) is 0 Å². The van der Waals surface area contributed by atoms with Crippen LogP contribution in [0.15, 0.2) is 24.3 Å². The SMILES string of the molecule is COC(=O)CC(C)(C)C(C#N)c1ccccc1C#N. The van der Waals surface area contributed by atoms with Crippen LogP contribution in [0.2, 0.25) is 0 Å². The van der Waals surface area contributed by atoms with Gasteiger partial charge in [-0.05, 0) is 17.0 Å². The van der Waals surface area contributed by atoms with Gasteiger partial charge < -0.3 is 4.74 Å². The molecule has 0 aliphatic heterocycles. The van der Waals surface area contributed by atoms with E-state index in [4.69, 9.17) is 5.26 Å². The highest BCUT2D eigenvalue weighted by Gasteiger charge is 2.34. The number of benzene rings is 1. The van der Waals surface area contributed by atoms with Crippen molar-refractivity contribution in [1.82, 2.24) is 0 Å². The van der Waals surface area contributed by atoms with Gasteiger partial charge in [-0.2, -0.15) is 10.5 Å². The predicted octanol–water partition coefficient (Wildman–Crippen LogP) is 2.75. The van der Waals surface area contributed by atoms with Gasteiger partial charge in [-0.1, -0.05) is 32.0 Å². The molecule has 0 saturated carbocycles. The minimum absolute atomic E-state index is 0.126. The molecule has 0 saturated heterocycles. The van der Waals surface area contributed by atoms with Gasteiger partial charge in [0.05, 0.1) is 37.2 Å². The lowest BCUT2D eigenvalue weighted by molar-refractivity contribution is -0.143. The van der Waals surface area contributed by atoms with E-state index in [0.29, 0.717) is 11.1 Å². The molecule has 0 aliphatic carbocycles. The van der Waals surface area contributed by atoms with Crippen molar-refractivity contribution in [1.29, 1.82) is 10.5 Å². The second-order valence-electron chi connectivity index (χ2n) is 5.00. The number of ether oxygens (including phenoxy) is 1. The summed E-state index contributed by atoms with van der Waals surface area (Å²) in [5.74, 6) is -0.901. The Kier molecular flexibility index (Phi) is 4.67. The molecule has 0 aliphatic rings. The van der Waals surface area contributed by atoms with E-state index in [1.807, 2.05) is 13.8 Å². The van der Waals surface area contributed by atoms with Crippen LogP contribution in [0.4, 0.5) is 0 Å². The predicted molar refractivity (Wildman–Crippen MR) is 69.9 cm³/mol. The maximum atomic E-state index is 11.4. The summed E-state index contributed by atoms with van der Waals surface area (Å²) >= 11 is 0. The summed E-state index contributed by atoms with van der Waals surface area (Å²) in [6.07, 6.45) is 0.126. The molecule has 0 bridgehead atoms. The van der Waals surface area contributed by atoms with E-state index in [1.165, 1.54) is 7.11 Å². The quantitative estimate of drug-likeness (QED) is 0.776. The molecule has 1 rings (SSSR count). The Morgan fingerprint density at radius 2 is 2.00 bits per heavy atom. The van der Waals surface area contributed by atoms with Gasteiger partial charge in [0.1, 0.15) is 0 Å². The fourth-order valence-electron chi connectivity index (χ4n) is 2.06. The molecule has 0 amide bonds. The van der Waals surface area contributed by atoms with Gasteiger partial charge in [0.15, 0.2) is 0 Å². The summed E-state index contributed by atoms with van der Waals surface area (Å²) in [6, 6.07) is 11.3. The highest BCUT2D eigenvalue weighted by atomic mass is 16.5. The molecule has 0 fully saturated rings. The number of esters is 1. The number of rotatable bonds is 4. The molecule has 1 atom stereocenters. The van der Waals surface area contributed by atoms with Crippen LogP contribution < -0.4 is 0 Å². The highest BCUT2D eigenvalue weighted by molar-refractivity contribution is 5.70. The molecular formula is C15H16N2O2. The zero-order chi connectivity index (χ0) is 14.5. The Bertz CT molecular complexity index is 550. The Balaban J connectivity index is 3.18. The first-order chi connectivity index (χ1) is 8.96. The van der Waals surface area contributed by atoms with Gasteiger partial charge in [-0.15, -0.1) is 0 Å². The Morgan fingerprint density at radius 1 is 1.37 bits per heavy atom. The van der Waals surface area contributed by atoms with Gasteiger partial charge in [0.2, 0.25) is 0 Å². The molecule has 0 radical (unpaired) electrons. The van der Waals surface area contributed by atoms with Crippen molar-refractivity contribution in [2.45, 2.75) is 26.2 Å². The Labute approximate surface area is 113 Å². The third-order valence-electron chi connectivity index (χ3n) is 3.13. The summed E-state index contributed by atoms with van der Waals surface area (Å²) in [5.41, 5.74) is 0.516. The van der Waals surface area contributed by atoms with E-state index in [2.05, 4.69) is 16.9 Å². The summed E-state index contributed by atoms with van der Waals surface area (Å²) < 4.78 is 4.66. The average molecular weight is 256 g/mol. The van der Waals surface area contributed by atoms with Crippen molar-refractivity contribution in [3.63, 3.8) is 0 Å². The minimum Gasteiger partial charge on any atom is -0.469 e. The maximum Gasteiger partial charge on any atom is 0.306 e. The zero-order valence-electron chi connectivity index (χ0n) is 11.3. The number of nitrogens with zero attached hydrogens (tertiary/aromatic N) is 2. The van der Waals surface area contributed by atoms with E-state index in [0.717, 1.165) is 0 Å². The number of hydrogen-bond donors (Lipinski definition) is 0. The first-order valence-corrected chi connectivity index (χ1v) is 5.91. The monoisotopic (exact) mass is 256 g/mol. The van der Waals surface area contributed by atoms with Crippen LogP contribution in [-0.4, -0.2) is 13.1 Å². The van der Waals surface area contributed by atoms with Crippen LogP contribution in [-0.2, 0) is 9.53 Å². The summed E-state index contributed by atoms with van der Waals surface area (Å²) in [7, 11) is 1.32. The van der Waals surface area contributed by atoms with Crippen molar-refractivity contribution in [3.05, 3.63) is 35.4 Å². The lowest BCUT2D eigenvalue weighted by Gasteiger charge is -2.29. The maximum absolute atomic E-state index is 11.4. The number of methoxy groups -OCH3 is 1. The molecule has 0 spiro atoms. The van der Waals surface area contributed by atoms with E-state index in [-0.39, 0.29) is 12.4 Å². The largest absolute Gasteiger partial charge is 0.469 e. The van der Waals surface area contributed by atoms with E-state index < -0.39 is 11.3 Å². The summed E-state index contributed by atoms with van der Waals surface area (Å²) in [6.45, 7) is 3.65. The van der Waals surface area contributed by atoms with Crippen molar-refractivity contribution in [2.75, 3.05) is 7.11 Å². The van der Waals surface area contributed by atoms with Crippen molar-refractivity contribution in [3.8, 4) is 12.1 Å². The molecule has 4 heteroatoms. The number of nitriles is 2. The van der Waals surface area contributed by atoms with E-state index in [9.17, 15) is 10.1 Å². The molecule has 4 nitrogen and oxygen atoms in total. The average Bonchev–Trinajstić information content (AvgIpc) is 2.39. The summed E-state index contributed by atoms with van der Waals surface area (Å²) in [4.78, 5) is 11.4. The van der Waals surface area contributed by atoms with Gasteiger partial charge >= 0.3 is 5.97 Å². The normalized spacial score (nSPS) is 12.1. The third kappa shape index (κ3) is 3.33. The van der Waals surface area contributed by atoms with Crippen molar-refractivity contribution >= 4 is 5.97 Å². The summed E-state index contributed by atoms with van der Waals surface area (Å²) in [5, 5.41) is 18.5. The lowest BCUT2D eigenvalue weighted by Crippen LogP contribution is -2.26.